The smallest absolute Gasteiger partial charge is 0.407 e. The van der Waals surface area contributed by atoms with Crippen LogP contribution in [0.25, 0.3) is 0 Å². The van der Waals surface area contributed by atoms with E-state index in [1.165, 1.54) is 4.90 Å². The molecule has 0 saturated heterocycles. The van der Waals surface area contributed by atoms with E-state index in [0.717, 1.165) is 38.8 Å². The van der Waals surface area contributed by atoms with Crippen LogP contribution >= 0.6 is 0 Å². The molecule has 1 saturated carbocycles. The van der Waals surface area contributed by atoms with E-state index in [2.05, 4.69) is 5.32 Å². The summed E-state index contributed by atoms with van der Waals surface area (Å²) in [6, 6.07) is 0.714. The fraction of sp³-hybridized carbons (Fsp3) is 0.909. The number of nitrogens with one attached hydrogen (secondary N) is 1. The normalized spacial score (nSPS) is 25.4. The number of hydrogen-bond acceptors (Lipinski definition) is 3. The monoisotopic (exact) mass is 230 g/mol. The molecular weight excluding hydrogens is 208 g/mol. The minimum absolute atomic E-state index is 0.193. The molecule has 0 aromatic carbocycles. The third-order valence-corrected chi connectivity index (χ3v) is 3.29. The molecule has 0 aromatic rings. The molecule has 94 valence electrons. The quantitative estimate of drug-likeness (QED) is 0.695. The SMILES string of the molecule is COCCNC1CCC(N(C)C(=O)O)CC1. The summed E-state index contributed by atoms with van der Waals surface area (Å²) in [6.07, 6.45) is 3.18. The Labute approximate surface area is 96.8 Å². The number of methoxy groups -OCH3 is 1. The van der Waals surface area contributed by atoms with Gasteiger partial charge in [0, 0.05) is 32.8 Å². The third-order valence-electron chi connectivity index (χ3n) is 3.29. The number of rotatable bonds is 5. The predicted octanol–water partition coefficient (Wildman–Crippen LogP) is 1.14. The summed E-state index contributed by atoms with van der Waals surface area (Å²) in [7, 11) is 3.35. The van der Waals surface area contributed by atoms with Gasteiger partial charge in [0.1, 0.15) is 0 Å². The lowest BCUT2D eigenvalue weighted by Gasteiger charge is -2.33. The second-order valence-corrected chi connectivity index (χ2v) is 4.35. The van der Waals surface area contributed by atoms with Gasteiger partial charge in [-0.2, -0.15) is 0 Å². The molecule has 1 fully saturated rings. The number of hydrogen-bond donors (Lipinski definition) is 2. The minimum Gasteiger partial charge on any atom is -0.465 e. The number of carboxylic acid groups (broad SMARTS) is 1. The molecule has 2 N–H and O–H groups in total. The van der Waals surface area contributed by atoms with Crippen LogP contribution in [0.15, 0.2) is 0 Å². The van der Waals surface area contributed by atoms with Gasteiger partial charge in [0.25, 0.3) is 0 Å². The number of ether oxygens (including phenoxy) is 1. The van der Waals surface area contributed by atoms with Gasteiger partial charge in [-0.1, -0.05) is 0 Å². The fourth-order valence-electron chi connectivity index (χ4n) is 2.19. The summed E-state index contributed by atoms with van der Waals surface area (Å²) in [6.45, 7) is 1.61. The Balaban J connectivity index is 2.20. The maximum Gasteiger partial charge on any atom is 0.407 e. The van der Waals surface area contributed by atoms with Crippen LogP contribution in [0.3, 0.4) is 0 Å². The summed E-state index contributed by atoms with van der Waals surface area (Å²) in [5.74, 6) is 0. The van der Waals surface area contributed by atoms with Crippen molar-refractivity contribution in [2.24, 2.45) is 0 Å². The van der Waals surface area contributed by atoms with Gasteiger partial charge in [-0.15, -0.1) is 0 Å². The maximum absolute atomic E-state index is 10.8. The average Bonchev–Trinajstić information content (AvgIpc) is 2.29. The molecule has 1 amide bonds. The average molecular weight is 230 g/mol. The highest BCUT2D eigenvalue weighted by Gasteiger charge is 2.25. The van der Waals surface area contributed by atoms with Gasteiger partial charge in [-0.05, 0) is 25.7 Å². The van der Waals surface area contributed by atoms with Crippen LogP contribution in [0.1, 0.15) is 25.7 Å². The van der Waals surface area contributed by atoms with Gasteiger partial charge in [0.15, 0.2) is 0 Å². The van der Waals surface area contributed by atoms with Gasteiger partial charge in [0.05, 0.1) is 6.61 Å². The fourth-order valence-corrected chi connectivity index (χ4v) is 2.19. The van der Waals surface area contributed by atoms with Crippen molar-refractivity contribution in [2.45, 2.75) is 37.8 Å². The zero-order valence-corrected chi connectivity index (χ0v) is 10.1. The van der Waals surface area contributed by atoms with Crippen LogP contribution < -0.4 is 5.32 Å². The Morgan fingerprint density at radius 3 is 2.56 bits per heavy atom. The van der Waals surface area contributed by atoms with Crippen molar-refractivity contribution in [3.05, 3.63) is 0 Å². The van der Waals surface area contributed by atoms with Crippen molar-refractivity contribution in [3.8, 4) is 0 Å². The Bertz CT molecular complexity index is 215. The second-order valence-electron chi connectivity index (χ2n) is 4.35. The lowest BCUT2D eigenvalue weighted by molar-refractivity contribution is 0.121. The number of carbonyl (C=O) groups is 1. The van der Waals surface area contributed by atoms with E-state index < -0.39 is 6.09 Å². The Morgan fingerprint density at radius 2 is 2.06 bits per heavy atom. The van der Waals surface area contributed by atoms with Crippen LogP contribution in [0.5, 0.6) is 0 Å². The molecule has 0 spiro atoms. The maximum atomic E-state index is 10.8. The molecule has 0 atom stereocenters. The molecule has 0 aromatic heterocycles. The van der Waals surface area contributed by atoms with Crippen molar-refractivity contribution < 1.29 is 14.6 Å². The summed E-state index contributed by atoms with van der Waals surface area (Å²) in [5, 5.41) is 12.3. The molecule has 0 bridgehead atoms. The topological polar surface area (TPSA) is 61.8 Å². The largest absolute Gasteiger partial charge is 0.465 e. The molecule has 0 unspecified atom stereocenters. The van der Waals surface area contributed by atoms with Crippen LogP contribution in [0.4, 0.5) is 4.79 Å². The Morgan fingerprint density at radius 1 is 1.44 bits per heavy atom. The van der Waals surface area contributed by atoms with E-state index in [9.17, 15) is 4.79 Å². The molecule has 5 heteroatoms. The number of amides is 1. The van der Waals surface area contributed by atoms with E-state index in [1.54, 1.807) is 14.2 Å². The van der Waals surface area contributed by atoms with Gasteiger partial charge >= 0.3 is 6.09 Å². The summed E-state index contributed by atoms with van der Waals surface area (Å²) in [5.41, 5.74) is 0. The Hall–Kier alpha value is -0.810. The van der Waals surface area contributed by atoms with Gasteiger partial charge < -0.3 is 20.1 Å². The Kier molecular flexibility index (Phi) is 5.55. The molecule has 0 aliphatic heterocycles. The van der Waals surface area contributed by atoms with Crippen molar-refractivity contribution >= 4 is 6.09 Å². The predicted molar refractivity (Wildman–Crippen MR) is 61.7 cm³/mol. The summed E-state index contributed by atoms with van der Waals surface area (Å²) < 4.78 is 4.98. The second kappa shape index (κ2) is 6.70. The standard InChI is InChI=1S/C11H22N2O3/c1-13(11(14)15)10-5-3-9(4-6-10)12-7-8-16-2/h9-10,12H,3-8H2,1-2H3,(H,14,15). The van der Waals surface area contributed by atoms with Crippen molar-refractivity contribution in [2.75, 3.05) is 27.3 Å². The molecule has 0 radical (unpaired) electrons. The van der Waals surface area contributed by atoms with Crippen molar-refractivity contribution in [3.63, 3.8) is 0 Å². The van der Waals surface area contributed by atoms with Crippen LogP contribution in [-0.4, -0.2) is 55.5 Å². The van der Waals surface area contributed by atoms with Gasteiger partial charge in [-0.3, -0.25) is 0 Å². The van der Waals surface area contributed by atoms with E-state index in [-0.39, 0.29) is 6.04 Å². The number of nitrogens with zero attached hydrogens (tertiary/aromatic N) is 1. The zero-order chi connectivity index (χ0) is 12.0. The molecule has 0 heterocycles. The first-order chi connectivity index (χ1) is 7.65. The van der Waals surface area contributed by atoms with Gasteiger partial charge in [0.2, 0.25) is 0 Å². The minimum atomic E-state index is -0.823. The first-order valence-corrected chi connectivity index (χ1v) is 5.83. The zero-order valence-electron chi connectivity index (χ0n) is 10.1. The van der Waals surface area contributed by atoms with Crippen molar-refractivity contribution in [1.82, 2.24) is 10.2 Å². The summed E-state index contributed by atoms with van der Waals surface area (Å²) in [4.78, 5) is 12.2. The lowest BCUT2D eigenvalue weighted by atomic mass is 9.90. The van der Waals surface area contributed by atoms with E-state index in [0.29, 0.717) is 6.04 Å². The van der Waals surface area contributed by atoms with E-state index in [4.69, 9.17) is 9.84 Å². The molecule has 16 heavy (non-hydrogen) atoms. The van der Waals surface area contributed by atoms with E-state index >= 15 is 0 Å². The highest BCUT2D eigenvalue weighted by atomic mass is 16.5. The van der Waals surface area contributed by atoms with E-state index in [1.807, 2.05) is 0 Å². The van der Waals surface area contributed by atoms with Crippen LogP contribution in [0.2, 0.25) is 0 Å². The lowest BCUT2D eigenvalue weighted by Crippen LogP contribution is -2.43. The summed E-state index contributed by atoms with van der Waals surface area (Å²) >= 11 is 0. The first kappa shape index (κ1) is 13.3. The molecule has 1 rings (SSSR count). The highest BCUT2D eigenvalue weighted by Crippen LogP contribution is 2.22. The van der Waals surface area contributed by atoms with Crippen LogP contribution in [-0.2, 0) is 4.74 Å². The first-order valence-electron chi connectivity index (χ1n) is 5.83. The van der Waals surface area contributed by atoms with Crippen LogP contribution in [0, 0.1) is 0 Å². The van der Waals surface area contributed by atoms with Crippen molar-refractivity contribution in [1.29, 1.82) is 0 Å². The molecule has 5 nitrogen and oxygen atoms in total. The molecule has 1 aliphatic rings. The third kappa shape index (κ3) is 3.98. The molecular formula is C11H22N2O3. The molecule has 1 aliphatic carbocycles. The van der Waals surface area contributed by atoms with Gasteiger partial charge in [-0.25, -0.2) is 4.79 Å². The highest BCUT2D eigenvalue weighted by molar-refractivity contribution is 5.64.